The number of fused-ring (bicyclic) bond motifs is 1. The van der Waals surface area contributed by atoms with Crippen LogP contribution in [0.5, 0.6) is 0 Å². The molecule has 0 aromatic heterocycles. The van der Waals surface area contributed by atoms with Gasteiger partial charge in [0, 0.05) is 24.2 Å². The molecule has 16 heavy (non-hydrogen) atoms. The molecule has 1 heterocycles. The smallest absolute Gasteiger partial charge is 0.271 e. The third kappa shape index (κ3) is 1.75. The van der Waals surface area contributed by atoms with Crippen molar-refractivity contribution in [3.63, 3.8) is 0 Å². The van der Waals surface area contributed by atoms with Crippen LogP contribution in [0.2, 0.25) is 0 Å². The molecule has 0 saturated heterocycles. The van der Waals surface area contributed by atoms with Crippen molar-refractivity contribution in [2.75, 3.05) is 7.11 Å². The molecule has 2 rings (SSSR count). The fraction of sp³-hybridized carbons (Fsp3) is 0.364. The molecule has 0 radical (unpaired) electrons. The Morgan fingerprint density at radius 1 is 1.56 bits per heavy atom. The molecule has 2 atom stereocenters. The Labute approximate surface area is 92.3 Å². The molecule has 0 aromatic rings. The van der Waals surface area contributed by atoms with E-state index in [9.17, 15) is 14.8 Å². The molecule has 5 heteroatoms. The number of nitroso groups, excluding NO2 is 1. The minimum Gasteiger partial charge on any atom is -0.388 e. The normalized spacial score (nSPS) is 29.4. The van der Waals surface area contributed by atoms with Gasteiger partial charge >= 0.3 is 0 Å². The lowest BCUT2D eigenvalue weighted by atomic mass is 9.96. The van der Waals surface area contributed by atoms with Crippen LogP contribution < -0.4 is 0 Å². The number of ketones is 1. The van der Waals surface area contributed by atoms with E-state index in [0.29, 0.717) is 16.8 Å². The van der Waals surface area contributed by atoms with Crippen LogP contribution in [-0.4, -0.2) is 35.0 Å². The molecule has 0 bridgehead atoms. The Morgan fingerprint density at radius 3 is 3.00 bits per heavy atom. The standard InChI is InChI=1S/C11H12NO4/c1-16-10-4-5-12(15)9-6-7(13)2-3-8(9)11(10)14/h3-7,10,13H,2H2,1H3/q+1. The Kier molecular flexibility index (Phi) is 2.80. The van der Waals surface area contributed by atoms with E-state index < -0.39 is 12.2 Å². The summed E-state index contributed by atoms with van der Waals surface area (Å²) >= 11 is 0. The second-order valence-electron chi connectivity index (χ2n) is 3.66. The molecule has 84 valence electrons. The monoisotopic (exact) mass is 222 g/mol. The fourth-order valence-corrected chi connectivity index (χ4v) is 1.77. The number of aliphatic hydroxyl groups is 1. The maximum Gasteiger partial charge on any atom is 0.271 e. The van der Waals surface area contributed by atoms with Crippen molar-refractivity contribution in [2.45, 2.75) is 18.6 Å². The SMILES string of the molecule is COC1C=C[N+](=O)C2=CC(O)CC=C2C1=O. The van der Waals surface area contributed by atoms with Crippen LogP contribution >= 0.6 is 0 Å². The van der Waals surface area contributed by atoms with E-state index >= 15 is 0 Å². The molecular formula is C11H12NO4+. The van der Waals surface area contributed by atoms with Crippen LogP contribution in [0.3, 0.4) is 0 Å². The third-order valence-electron chi connectivity index (χ3n) is 2.60. The summed E-state index contributed by atoms with van der Waals surface area (Å²) in [5.74, 6) is -0.254. The van der Waals surface area contributed by atoms with E-state index in [1.54, 1.807) is 6.08 Å². The van der Waals surface area contributed by atoms with Crippen molar-refractivity contribution in [3.05, 3.63) is 40.6 Å². The van der Waals surface area contributed by atoms with E-state index in [1.165, 1.54) is 25.5 Å². The van der Waals surface area contributed by atoms with Gasteiger partial charge in [-0.15, -0.1) is 0 Å². The molecule has 1 aliphatic carbocycles. The lowest BCUT2D eigenvalue weighted by Crippen LogP contribution is -2.24. The zero-order valence-electron chi connectivity index (χ0n) is 8.79. The summed E-state index contributed by atoms with van der Waals surface area (Å²) in [7, 11) is 1.41. The maximum absolute atomic E-state index is 11.9. The average Bonchev–Trinajstić information content (AvgIpc) is 2.39. The van der Waals surface area contributed by atoms with Gasteiger partial charge in [0.2, 0.25) is 12.0 Å². The van der Waals surface area contributed by atoms with Gasteiger partial charge in [-0.3, -0.25) is 4.79 Å². The van der Waals surface area contributed by atoms with Crippen LogP contribution in [0.4, 0.5) is 0 Å². The zero-order chi connectivity index (χ0) is 11.7. The molecular weight excluding hydrogens is 210 g/mol. The predicted octanol–water partition coefficient (Wildman–Crippen LogP) is 0.452. The Hall–Kier alpha value is -1.59. The molecule has 0 aromatic carbocycles. The van der Waals surface area contributed by atoms with Gasteiger partial charge in [0.05, 0.1) is 16.4 Å². The molecule has 0 fully saturated rings. The third-order valence-corrected chi connectivity index (χ3v) is 2.60. The summed E-state index contributed by atoms with van der Waals surface area (Å²) in [5.41, 5.74) is 0.511. The molecule has 5 nitrogen and oxygen atoms in total. The number of aliphatic hydroxyl groups excluding tert-OH is 1. The van der Waals surface area contributed by atoms with Crippen molar-refractivity contribution in [2.24, 2.45) is 0 Å². The van der Waals surface area contributed by atoms with Gasteiger partial charge in [-0.2, -0.15) is 0 Å². The van der Waals surface area contributed by atoms with Gasteiger partial charge in [-0.25, -0.2) is 0 Å². The first-order valence-electron chi connectivity index (χ1n) is 4.95. The first-order chi connectivity index (χ1) is 7.63. The number of Topliss-reactive ketones (excluding diaryl/α,β-unsaturated/α-hetero) is 1. The van der Waals surface area contributed by atoms with Crippen LogP contribution in [0.25, 0.3) is 0 Å². The van der Waals surface area contributed by atoms with Crippen molar-refractivity contribution >= 4 is 5.78 Å². The van der Waals surface area contributed by atoms with E-state index in [4.69, 9.17) is 4.74 Å². The van der Waals surface area contributed by atoms with Crippen LogP contribution in [0.15, 0.2) is 35.7 Å². The highest BCUT2D eigenvalue weighted by Crippen LogP contribution is 2.25. The number of hydrogen-bond acceptors (Lipinski definition) is 4. The van der Waals surface area contributed by atoms with Crippen molar-refractivity contribution < 1.29 is 19.4 Å². The number of rotatable bonds is 1. The second-order valence-corrected chi connectivity index (χ2v) is 3.66. The van der Waals surface area contributed by atoms with Crippen LogP contribution in [0.1, 0.15) is 6.42 Å². The number of carbonyl (C=O) groups excluding carboxylic acids is 1. The highest BCUT2D eigenvalue weighted by Gasteiger charge is 2.36. The van der Waals surface area contributed by atoms with Gasteiger partial charge in [0.1, 0.15) is 6.10 Å². The minimum absolute atomic E-state index is 0.194. The first-order valence-corrected chi connectivity index (χ1v) is 4.95. The van der Waals surface area contributed by atoms with E-state index in [1.807, 2.05) is 0 Å². The quantitative estimate of drug-likeness (QED) is 0.654. The first kappa shape index (κ1) is 10.9. The summed E-state index contributed by atoms with van der Waals surface area (Å²) in [4.78, 5) is 23.5. The van der Waals surface area contributed by atoms with E-state index in [-0.39, 0.29) is 11.5 Å². The summed E-state index contributed by atoms with van der Waals surface area (Å²) < 4.78 is 5.55. The molecule has 1 aliphatic heterocycles. The van der Waals surface area contributed by atoms with Gasteiger partial charge in [-0.1, -0.05) is 6.08 Å². The largest absolute Gasteiger partial charge is 0.388 e. The van der Waals surface area contributed by atoms with Crippen molar-refractivity contribution in [1.29, 1.82) is 0 Å². The highest BCUT2D eigenvalue weighted by molar-refractivity contribution is 6.03. The lowest BCUT2D eigenvalue weighted by molar-refractivity contribution is -0.420. The number of allylic oxidation sites excluding steroid dienone is 1. The van der Waals surface area contributed by atoms with Crippen molar-refractivity contribution in [1.82, 2.24) is 0 Å². The molecule has 1 N–H and O–H groups in total. The number of carbonyl (C=O) groups is 1. The minimum atomic E-state index is -0.733. The van der Waals surface area contributed by atoms with Gasteiger partial charge < -0.3 is 9.84 Å². The lowest BCUT2D eigenvalue weighted by Gasteiger charge is -2.12. The van der Waals surface area contributed by atoms with Crippen LogP contribution in [0, 0.1) is 4.91 Å². The second kappa shape index (κ2) is 4.11. The topological polar surface area (TPSA) is 66.6 Å². The van der Waals surface area contributed by atoms with E-state index in [0.717, 1.165) is 0 Å². The highest BCUT2D eigenvalue weighted by atomic mass is 16.5. The van der Waals surface area contributed by atoms with Gasteiger partial charge in [0.25, 0.3) is 5.70 Å². The molecule has 2 aliphatic rings. The molecule has 0 saturated carbocycles. The maximum atomic E-state index is 11.9. The van der Waals surface area contributed by atoms with Crippen molar-refractivity contribution in [3.8, 4) is 0 Å². The predicted molar refractivity (Wildman–Crippen MR) is 55.4 cm³/mol. The Morgan fingerprint density at radius 2 is 2.31 bits per heavy atom. The molecule has 2 unspecified atom stereocenters. The van der Waals surface area contributed by atoms with Crippen LogP contribution in [-0.2, 0) is 9.53 Å². The molecule has 0 amide bonds. The number of nitrogens with zero attached hydrogens (tertiary/aromatic N) is 1. The fourth-order valence-electron chi connectivity index (χ4n) is 1.77. The van der Waals surface area contributed by atoms with Gasteiger partial charge in [-0.05, 0) is 6.42 Å². The zero-order valence-corrected chi connectivity index (χ0v) is 8.79. The Balaban J connectivity index is 2.45. The average molecular weight is 222 g/mol. The summed E-state index contributed by atoms with van der Waals surface area (Å²) in [6, 6.07) is 0. The summed E-state index contributed by atoms with van der Waals surface area (Å²) in [5, 5.41) is 9.41. The number of methoxy groups -OCH3 is 1. The molecule has 0 spiro atoms. The number of ether oxygens (including phenoxy) is 1. The summed E-state index contributed by atoms with van der Waals surface area (Å²) in [6.45, 7) is 0. The summed E-state index contributed by atoms with van der Waals surface area (Å²) in [6.07, 6.45) is 4.50. The Bertz CT molecular complexity index is 433. The number of hydrogen-bond donors (Lipinski definition) is 1. The van der Waals surface area contributed by atoms with E-state index in [2.05, 4.69) is 0 Å². The van der Waals surface area contributed by atoms with Gasteiger partial charge in [0.15, 0.2) is 0 Å².